The molecule has 1 aromatic rings. The van der Waals surface area contributed by atoms with Crippen molar-refractivity contribution in [2.24, 2.45) is 0 Å². The highest BCUT2D eigenvalue weighted by molar-refractivity contribution is 5.30. The molecule has 2 atom stereocenters. The Morgan fingerprint density at radius 3 is 2.80 bits per heavy atom. The minimum absolute atomic E-state index is 0.228. The van der Waals surface area contributed by atoms with Crippen LogP contribution >= 0.6 is 0 Å². The van der Waals surface area contributed by atoms with E-state index in [4.69, 9.17) is 9.47 Å². The molecule has 0 aliphatic carbocycles. The molecule has 20 heavy (non-hydrogen) atoms. The van der Waals surface area contributed by atoms with Crippen LogP contribution in [0, 0.1) is 5.82 Å². The molecule has 1 heterocycles. The van der Waals surface area contributed by atoms with E-state index in [0.717, 1.165) is 12.0 Å². The summed E-state index contributed by atoms with van der Waals surface area (Å²) in [5.41, 5.74) is -0.339. The molecule has 0 spiro atoms. The van der Waals surface area contributed by atoms with Gasteiger partial charge in [0.2, 0.25) is 0 Å². The molecule has 2 rings (SSSR count). The first-order valence-electron chi connectivity index (χ1n) is 7.08. The quantitative estimate of drug-likeness (QED) is 0.922. The first kappa shape index (κ1) is 15.3. The normalized spacial score (nSPS) is 30.2. The van der Waals surface area contributed by atoms with Gasteiger partial charge in [0.1, 0.15) is 0 Å². The Morgan fingerprint density at radius 1 is 1.45 bits per heavy atom. The molecule has 1 saturated heterocycles. The fraction of sp³-hybridized carbons (Fsp3) is 0.625. The number of benzene rings is 1. The SMILES string of the molecule is CCC1(C)CC(O)(Cc2ccc(OC)c(F)c2)CCO1. The second-order valence-electron chi connectivity index (χ2n) is 5.95. The molecule has 4 heteroatoms. The Hall–Kier alpha value is -1.13. The van der Waals surface area contributed by atoms with Gasteiger partial charge in [0.05, 0.1) is 24.9 Å². The van der Waals surface area contributed by atoms with Crippen LogP contribution in [-0.4, -0.2) is 30.0 Å². The zero-order valence-corrected chi connectivity index (χ0v) is 12.4. The van der Waals surface area contributed by atoms with E-state index in [0.29, 0.717) is 25.9 Å². The van der Waals surface area contributed by atoms with Crippen LogP contribution in [0.25, 0.3) is 0 Å². The molecule has 0 bridgehead atoms. The first-order chi connectivity index (χ1) is 9.40. The van der Waals surface area contributed by atoms with Crippen LogP contribution in [0.2, 0.25) is 0 Å². The number of rotatable bonds is 4. The maximum atomic E-state index is 13.7. The molecular formula is C16H23FO3. The lowest BCUT2D eigenvalue weighted by molar-refractivity contribution is -0.152. The third kappa shape index (κ3) is 3.30. The van der Waals surface area contributed by atoms with Crippen LogP contribution in [0.1, 0.15) is 38.7 Å². The predicted octanol–water partition coefficient (Wildman–Crippen LogP) is 3.09. The molecule has 1 aromatic carbocycles. The first-order valence-corrected chi connectivity index (χ1v) is 7.08. The van der Waals surface area contributed by atoms with E-state index >= 15 is 0 Å². The van der Waals surface area contributed by atoms with Crippen LogP contribution in [-0.2, 0) is 11.2 Å². The minimum atomic E-state index is -0.829. The standard InChI is InChI=1S/C16H23FO3/c1-4-15(2)11-16(18,7-8-20-15)10-12-5-6-14(19-3)13(17)9-12/h5-6,9,18H,4,7-8,10-11H2,1-3H3. The highest BCUT2D eigenvalue weighted by Gasteiger charge is 2.41. The van der Waals surface area contributed by atoms with Crippen molar-refractivity contribution in [3.8, 4) is 5.75 Å². The molecule has 0 radical (unpaired) electrons. The second kappa shape index (κ2) is 5.70. The molecule has 1 aliphatic rings. The summed E-state index contributed by atoms with van der Waals surface area (Å²) >= 11 is 0. The topological polar surface area (TPSA) is 38.7 Å². The van der Waals surface area contributed by atoms with Gasteiger partial charge in [-0.2, -0.15) is 0 Å². The monoisotopic (exact) mass is 282 g/mol. The van der Waals surface area contributed by atoms with Crippen molar-refractivity contribution >= 4 is 0 Å². The van der Waals surface area contributed by atoms with Gasteiger partial charge in [0.25, 0.3) is 0 Å². The van der Waals surface area contributed by atoms with Gasteiger partial charge in [-0.25, -0.2) is 4.39 Å². The Balaban J connectivity index is 2.14. The Bertz CT molecular complexity index is 477. The summed E-state index contributed by atoms with van der Waals surface area (Å²) in [4.78, 5) is 0. The molecular weight excluding hydrogens is 259 g/mol. The molecule has 1 aliphatic heterocycles. The van der Waals surface area contributed by atoms with Gasteiger partial charge in [0, 0.05) is 12.8 Å². The Labute approximate surface area is 119 Å². The van der Waals surface area contributed by atoms with Crippen molar-refractivity contribution in [3.63, 3.8) is 0 Å². The molecule has 1 N–H and O–H groups in total. The molecule has 0 saturated carbocycles. The third-order valence-corrected chi connectivity index (χ3v) is 4.22. The Kier molecular flexibility index (Phi) is 4.35. The third-order valence-electron chi connectivity index (χ3n) is 4.22. The number of hydrogen-bond acceptors (Lipinski definition) is 3. The molecule has 0 aromatic heterocycles. The van der Waals surface area contributed by atoms with Crippen LogP contribution in [0.3, 0.4) is 0 Å². The van der Waals surface area contributed by atoms with Gasteiger partial charge >= 0.3 is 0 Å². The smallest absolute Gasteiger partial charge is 0.165 e. The van der Waals surface area contributed by atoms with E-state index < -0.39 is 5.60 Å². The summed E-state index contributed by atoms with van der Waals surface area (Å²) in [6, 6.07) is 4.85. The number of halogens is 1. The lowest BCUT2D eigenvalue weighted by Crippen LogP contribution is -2.48. The van der Waals surface area contributed by atoms with Crippen LogP contribution < -0.4 is 4.74 Å². The van der Waals surface area contributed by atoms with Crippen molar-refractivity contribution in [2.75, 3.05) is 13.7 Å². The average molecular weight is 282 g/mol. The second-order valence-corrected chi connectivity index (χ2v) is 5.95. The van der Waals surface area contributed by atoms with E-state index in [2.05, 4.69) is 6.92 Å². The van der Waals surface area contributed by atoms with Crippen LogP contribution in [0.4, 0.5) is 4.39 Å². The van der Waals surface area contributed by atoms with Gasteiger partial charge in [-0.05, 0) is 37.5 Å². The molecule has 1 fully saturated rings. The summed E-state index contributed by atoms with van der Waals surface area (Å²) in [5.74, 6) is -0.162. The number of hydrogen-bond donors (Lipinski definition) is 1. The van der Waals surface area contributed by atoms with Gasteiger partial charge in [-0.3, -0.25) is 0 Å². The maximum absolute atomic E-state index is 13.7. The molecule has 2 unspecified atom stereocenters. The highest BCUT2D eigenvalue weighted by atomic mass is 19.1. The predicted molar refractivity (Wildman–Crippen MR) is 75.5 cm³/mol. The average Bonchev–Trinajstić information content (AvgIpc) is 2.38. The zero-order chi connectivity index (χ0) is 14.8. The van der Waals surface area contributed by atoms with Crippen molar-refractivity contribution in [1.29, 1.82) is 0 Å². The van der Waals surface area contributed by atoms with Crippen molar-refractivity contribution in [3.05, 3.63) is 29.6 Å². The lowest BCUT2D eigenvalue weighted by atomic mass is 9.78. The number of ether oxygens (including phenoxy) is 2. The fourth-order valence-electron chi connectivity index (χ4n) is 2.90. The van der Waals surface area contributed by atoms with Crippen molar-refractivity contribution in [1.82, 2.24) is 0 Å². The summed E-state index contributed by atoms with van der Waals surface area (Å²) in [6.07, 6.45) is 2.44. The van der Waals surface area contributed by atoms with E-state index in [1.165, 1.54) is 13.2 Å². The maximum Gasteiger partial charge on any atom is 0.165 e. The van der Waals surface area contributed by atoms with Crippen molar-refractivity contribution in [2.45, 2.75) is 50.7 Å². The summed E-state index contributed by atoms with van der Waals surface area (Å²) in [5, 5.41) is 10.8. The number of methoxy groups -OCH3 is 1. The van der Waals surface area contributed by atoms with E-state index in [1.807, 2.05) is 6.92 Å². The molecule has 0 amide bonds. The van der Waals surface area contributed by atoms with Gasteiger partial charge in [0.15, 0.2) is 11.6 Å². The van der Waals surface area contributed by atoms with Crippen molar-refractivity contribution < 1.29 is 19.0 Å². The zero-order valence-electron chi connectivity index (χ0n) is 12.4. The Morgan fingerprint density at radius 2 is 2.20 bits per heavy atom. The summed E-state index contributed by atoms with van der Waals surface area (Å²) < 4.78 is 24.4. The molecule has 112 valence electrons. The van der Waals surface area contributed by atoms with E-state index in [9.17, 15) is 9.50 Å². The summed E-state index contributed by atoms with van der Waals surface area (Å²) in [7, 11) is 1.44. The van der Waals surface area contributed by atoms with Crippen LogP contribution in [0.5, 0.6) is 5.75 Å². The van der Waals surface area contributed by atoms with Gasteiger partial charge in [-0.15, -0.1) is 0 Å². The largest absolute Gasteiger partial charge is 0.494 e. The van der Waals surface area contributed by atoms with Crippen LogP contribution in [0.15, 0.2) is 18.2 Å². The fourth-order valence-corrected chi connectivity index (χ4v) is 2.90. The molecule has 3 nitrogen and oxygen atoms in total. The summed E-state index contributed by atoms with van der Waals surface area (Å²) in [6.45, 7) is 4.62. The van der Waals surface area contributed by atoms with Gasteiger partial charge in [-0.1, -0.05) is 13.0 Å². The lowest BCUT2D eigenvalue weighted by Gasteiger charge is -2.43. The highest BCUT2D eigenvalue weighted by Crippen LogP contribution is 2.36. The number of aliphatic hydroxyl groups is 1. The van der Waals surface area contributed by atoms with Gasteiger partial charge < -0.3 is 14.6 Å². The van der Waals surface area contributed by atoms with E-state index in [-0.39, 0.29) is 17.2 Å². The minimum Gasteiger partial charge on any atom is -0.494 e. The van der Waals surface area contributed by atoms with E-state index in [1.54, 1.807) is 12.1 Å².